The zero-order chi connectivity index (χ0) is 14.5. The third-order valence-electron chi connectivity index (χ3n) is 5.63. The van der Waals surface area contributed by atoms with Crippen LogP contribution in [-0.4, -0.2) is 48.3 Å². The molecular formula is C17H34N2O. The summed E-state index contributed by atoms with van der Waals surface area (Å²) in [5.74, 6) is 2.17. The topological polar surface area (TPSA) is 35.5 Å². The molecule has 2 aliphatic rings. The smallest absolute Gasteiger partial charge is 0.0693 e. The Bertz CT molecular complexity index is 284. The Kier molecular flexibility index (Phi) is 6.31. The molecule has 2 N–H and O–H groups in total. The van der Waals surface area contributed by atoms with Gasteiger partial charge < -0.3 is 15.3 Å². The van der Waals surface area contributed by atoms with E-state index in [-0.39, 0.29) is 6.10 Å². The Morgan fingerprint density at radius 1 is 1.20 bits per heavy atom. The maximum absolute atomic E-state index is 10.1. The predicted molar refractivity (Wildman–Crippen MR) is 84.8 cm³/mol. The van der Waals surface area contributed by atoms with Gasteiger partial charge in [0.2, 0.25) is 0 Å². The van der Waals surface area contributed by atoms with Crippen LogP contribution in [0.15, 0.2) is 0 Å². The monoisotopic (exact) mass is 282 g/mol. The van der Waals surface area contributed by atoms with Crippen LogP contribution in [-0.2, 0) is 0 Å². The first-order chi connectivity index (χ1) is 9.63. The van der Waals surface area contributed by atoms with E-state index in [1.54, 1.807) is 0 Å². The standard InChI is InChI=1S/C17H34N2O/c1-4-14-6-7-16(18-5-2)15(10-14)11-19-9-8-13(3)17(20)12-19/h13-18,20H,4-12H2,1-3H3. The molecular weight excluding hydrogens is 248 g/mol. The lowest BCUT2D eigenvalue weighted by atomic mass is 9.76. The molecule has 118 valence electrons. The molecule has 20 heavy (non-hydrogen) atoms. The van der Waals surface area contributed by atoms with Gasteiger partial charge in [0.1, 0.15) is 0 Å². The first-order valence-corrected chi connectivity index (χ1v) is 8.77. The number of β-amino-alcohol motifs (C(OH)–C–C–N with tert-alkyl or cyclic N) is 1. The summed E-state index contributed by atoms with van der Waals surface area (Å²) in [4.78, 5) is 2.51. The zero-order valence-corrected chi connectivity index (χ0v) is 13.6. The highest BCUT2D eigenvalue weighted by molar-refractivity contribution is 4.88. The molecule has 0 spiro atoms. The minimum Gasteiger partial charge on any atom is -0.392 e. The molecule has 1 aliphatic carbocycles. The summed E-state index contributed by atoms with van der Waals surface area (Å²) in [5.41, 5.74) is 0. The summed E-state index contributed by atoms with van der Waals surface area (Å²) < 4.78 is 0. The largest absolute Gasteiger partial charge is 0.392 e. The Morgan fingerprint density at radius 2 is 2.00 bits per heavy atom. The van der Waals surface area contributed by atoms with Gasteiger partial charge in [-0.05, 0) is 56.5 Å². The molecule has 2 rings (SSSR count). The summed E-state index contributed by atoms with van der Waals surface area (Å²) in [6.45, 7) is 11.0. The van der Waals surface area contributed by atoms with E-state index >= 15 is 0 Å². The van der Waals surface area contributed by atoms with E-state index in [4.69, 9.17) is 0 Å². The number of hydrogen-bond acceptors (Lipinski definition) is 3. The van der Waals surface area contributed by atoms with Crippen molar-refractivity contribution in [3.8, 4) is 0 Å². The molecule has 0 radical (unpaired) electrons. The van der Waals surface area contributed by atoms with Crippen LogP contribution >= 0.6 is 0 Å². The van der Waals surface area contributed by atoms with Crippen molar-refractivity contribution >= 4 is 0 Å². The highest BCUT2D eigenvalue weighted by Crippen LogP contribution is 2.32. The van der Waals surface area contributed by atoms with Crippen molar-refractivity contribution in [2.75, 3.05) is 26.2 Å². The molecule has 1 saturated heterocycles. The lowest BCUT2D eigenvalue weighted by Crippen LogP contribution is -2.50. The molecule has 1 aliphatic heterocycles. The van der Waals surface area contributed by atoms with Gasteiger partial charge in [0, 0.05) is 19.1 Å². The van der Waals surface area contributed by atoms with Gasteiger partial charge in [0.25, 0.3) is 0 Å². The van der Waals surface area contributed by atoms with Crippen molar-refractivity contribution in [3.63, 3.8) is 0 Å². The second-order valence-corrected chi connectivity index (χ2v) is 7.10. The Morgan fingerprint density at radius 3 is 2.65 bits per heavy atom. The molecule has 1 heterocycles. The average molecular weight is 282 g/mol. The molecule has 0 aromatic heterocycles. The van der Waals surface area contributed by atoms with E-state index in [1.807, 2.05) is 0 Å². The first-order valence-electron chi connectivity index (χ1n) is 8.77. The van der Waals surface area contributed by atoms with Crippen LogP contribution in [0.4, 0.5) is 0 Å². The molecule has 3 heteroatoms. The second-order valence-electron chi connectivity index (χ2n) is 7.10. The maximum Gasteiger partial charge on any atom is 0.0693 e. The fraction of sp³-hybridized carbons (Fsp3) is 1.00. The van der Waals surface area contributed by atoms with Crippen LogP contribution in [0.1, 0.15) is 52.9 Å². The van der Waals surface area contributed by atoms with Gasteiger partial charge in [-0.2, -0.15) is 0 Å². The van der Waals surface area contributed by atoms with Gasteiger partial charge in [-0.3, -0.25) is 0 Å². The van der Waals surface area contributed by atoms with Crippen molar-refractivity contribution < 1.29 is 5.11 Å². The fourth-order valence-corrected chi connectivity index (χ4v) is 4.08. The van der Waals surface area contributed by atoms with Gasteiger partial charge in [0.05, 0.1) is 6.10 Å². The number of hydrogen-bond donors (Lipinski definition) is 2. The van der Waals surface area contributed by atoms with Gasteiger partial charge in [-0.25, -0.2) is 0 Å². The van der Waals surface area contributed by atoms with Gasteiger partial charge in [0.15, 0.2) is 0 Å². The number of likely N-dealkylation sites (tertiary alicyclic amines) is 1. The first kappa shape index (κ1) is 16.3. The van der Waals surface area contributed by atoms with E-state index in [9.17, 15) is 5.11 Å². The van der Waals surface area contributed by atoms with E-state index in [1.165, 1.54) is 38.8 Å². The van der Waals surface area contributed by atoms with Crippen LogP contribution < -0.4 is 5.32 Å². The summed E-state index contributed by atoms with van der Waals surface area (Å²) in [7, 11) is 0. The molecule has 1 saturated carbocycles. The van der Waals surface area contributed by atoms with Crippen LogP contribution in [0.25, 0.3) is 0 Å². The Labute approximate surface area is 125 Å². The second kappa shape index (κ2) is 7.77. The molecule has 2 fully saturated rings. The molecule has 3 nitrogen and oxygen atoms in total. The quantitative estimate of drug-likeness (QED) is 0.813. The van der Waals surface area contributed by atoms with Gasteiger partial charge in [-0.1, -0.05) is 27.2 Å². The normalized spacial score (nSPS) is 39.9. The molecule has 0 amide bonds. The number of aliphatic hydroxyl groups excluding tert-OH is 1. The van der Waals surface area contributed by atoms with E-state index < -0.39 is 0 Å². The van der Waals surface area contributed by atoms with Crippen molar-refractivity contribution in [1.82, 2.24) is 10.2 Å². The fourth-order valence-electron chi connectivity index (χ4n) is 4.08. The summed E-state index contributed by atoms with van der Waals surface area (Å²) in [5, 5.41) is 13.8. The van der Waals surface area contributed by atoms with E-state index in [0.29, 0.717) is 12.0 Å². The number of rotatable bonds is 5. The minimum atomic E-state index is -0.119. The average Bonchev–Trinajstić information content (AvgIpc) is 2.45. The summed E-state index contributed by atoms with van der Waals surface area (Å²) in [6.07, 6.45) is 6.46. The third kappa shape index (κ3) is 4.19. The minimum absolute atomic E-state index is 0.119. The molecule has 5 unspecified atom stereocenters. The zero-order valence-electron chi connectivity index (χ0n) is 13.6. The van der Waals surface area contributed by atoms with Crippen molar-refractivity contribution in [1.29, 1.82) is 0 Å². The maximum atomic E-state index is 10.1. The molecule has 0 bridgehead atoms. The van der Waals surface area contributed by atoms with Gasteiger partial charge >= 0.3 is 0 Å². The lowest BCUT2D eigenvalue weighted by molar-refractivity contribution is 0.0147. The molecule has 0 aromatic rings. The number of piperidine rings is 1. The Balaban J connectivity index is 1.89. The van der Waals surface area contributed by atoms with E-state index in [2.05, 4.69) is 31.0 Å². The summed E-state index contributed by atoms with van der Waals surface area (Å²) in [6, 6.07) is 0.694. The van der Waals surface area contributed by atoms with Crippen LogP contribution in [0.2, 0.25) is 0 Å². The molecule has 5 atom stereocenters. The number of aliphatic hydroxyl groups is 1. The molecule has 0 aromatic carbocycles. The predicted octanol–water partition coefficient (Wildman–Crippen LogP) is 2.49. The highest BCUT2D eigenvalue weighted by Gasteiger charge is 2.32. The van der Waals surface area contributed by atoms with Crippen LogP contribution in [0, 0.1) is 17.8 Å². The third-order valence-corrected chi connectivity index (χ3v) is 5.63. The number of nitrogens with zero attached hydrogens (tertiary/aromatic N) is 1. The van der Waals surface area contributed by atoms with Crippen molar-refractivity contribution in [2.24, 2.45) is 17.8 Å². The van der Waals surface area contributed by atoms with Gasteiger partial charge in [-0.15, -0.1) is 0 Å². The lowest BCUT2D eigenvalue weighted by Gasteiger charge is -2.42. The Hall–Kier alpha value is -0.120. The van der Waals surface area contributed by atoms with Crippen molar-refractivity contribution in [2.45, 2.75) is 65.0 Å². The number of nitrogens with one attached hydrogen (secondary N) is 1. The van der Waals surface area contributed by atoms with Crippen molar-refractivity contribution in [3.05, 3.63) is 0 Å². The van der Waals surface area contributed by atoms with Crippen LogP contribution in [0.5, 0.6) is 0 Å². The SMILES string of the molecule is CCNC1CCC(CC)CC1CN1CCC(C)C(O)C1. The summed E-state index contributed by atoms with van der Waals surface area (Å²) >= 11 is 0. The van der Waals surface area contributed by atoms with Crippen LogP contribution in [0.3, 0.4) is 0 Å². The highest BCUT2D eigenvalue weighted by atomic mass is 16.3. The van der Waals surface area contributed by atoms with E-state index in [0.717, 1.165) is 31.3 Å².